The van der Waals surface area contributed by atoms with E-state index in [0.717, 1.165) is 43.9 Å². The zero-order valence-electron chi connectivity index (χ0n) is 47.8. The van der Waals surface area contributed by atoms with E-state index in [1.807, 2.05) is 0 Å². The molecule has 0 aliphatic carbocycles. The van der Waals surface area contributed by atoms with E-state index >= 15 is 0 Å². The highest BCUT2D eigenvalue weighted by molar-refractivity contribution is 6.24. The second-order valence-corrected chi connectivity index (χ2v) is 23.4. The summed E-state index contributed by atoms with van der Waals surface area (Å²) in [4.78, 5) is 0. The van der Waals surface area contributed by atoms with E-state index in [2.05, 4.69) is 315 Å². The van der Waals surface area contributed by atoms with Crippen LogP contribution in [0.15, 0.2) is 324 Å². The molecule has 0 aliphatic heterocycles. The third kappa shape index (κ3) is 8.04. The Morgan fingerprint density at radius 3 is 0.886 bits per heavy atom. The molecule has 19 aromatic rings. The molecule has 2 aromatic heterocycles. The molecule has 0 saturated heterocycles. The van der Waals surface area contributed by atoms with Crippen LogP contribution in [0.3, 0.4) is 0 Å². The fourth-order valence-electron chi connectivity index (χ4n) is 14.4. The molecular formula is C86H52O2. The van der Waals surface area contributed by atoms with E-state index in [-0.39, 0.29) is 0 Å². The Morgan fingerprint density at radius 2 is 0.443 bits per heavy atom. The maximum Gasteiger partial charge on any atom is 0.136 e. The molecule has 0 fully saturated rings. The topological polar surface area (TPSA) is 26.3 Å². The van der Waals surface area contributed by atoms with Gasteiger partial charge in [0.15, 0.2) is 0 Å². The zero-order chi connectivity index (χ0) is 57.8. The van der Waals surface area contributed by atoms with Crippen molar-refractivity contribution in [3.8, 4) is 55.6 Å². The highest BCUT2D eigenvalue weighted by atomic mass is 16.3. The maximum absolute atomic E-state index is 6.37. The van der Waals surface area contributed by atoms with E-state index < -0.39 is 0 Å². The van der Waals surface area contributed by atoms with Crippen molar-refractivity contribution in [2.45, 2.75) is 0 Å². The minimum Gasteiger partial charge on any atom is -0.456 e. The van der Waals surface area contributed by atoms with Gasteiger partial charge in [-0.25, -0.2) is 0 Å². The summed E-state index contributed by atoms with van der Waals surface area (Å²) in [5, 5.41) is 24.5. The van der Waals surface area contributed by atoms with Gasteiger partial charge in [0.05, 0.1) is 0 Å². The Kier molecular flexibility index (Phi) is 11.3. The molecule has 0 N–H and O–H groups in total. The van der Waals surface area contributed by atoms with Crippen molar-refractivity contribution in [2.24, 2.45) is 0 Å². The average Bonchev–Trinajstić information content (AvgIpc) is 1.26. The highest BCUT2D eigenvalue weighted by Crippen LogP contribution is 2.48. The van der Waals surface area contributed by atoms with Gasteiger partial charge in [-0.3, -0.25) is 0 Å². The smallest absolute Gasteiger partial charge is 0.136 e. The third-order valence-corrected chi connectivity index (χ3v) is 18.4. The molecule has 408 valence electrons. The molecule has 17 aromatic carbocycles. The quantitative estimate of drug-likeness (QED) is 0.161. The Balaban J connectivity index is 0.000000133. The molecular weight excluding hydrogens is 1060 g/mol. The summed E-state index contributed by atoms with van der Waals surface area (Å²) in [7, 11) is 0. The second kappa shape index (κ2) is 20.0. The van der Waals surface area contributed by atoms with Crippen LogP contribution in [-0.2, 0) is 0 Å². The maximum atomic E-state index is 6.37. The van der Waals surface area contributed by atoms with Gasteiger partial charge in [-0.2, -0.15) is 0 Å². The number of fused-ring (bicyclic) bond motifs is 14. The molecule has 0 bridgehead atoms. The van der Waals surface area contributed by atoms with Crippen LogP contribution in [0.2, 0.25) is 0 Å². The van der Waals surface area contributed by atoms with Gasteiger partial charge in [0.25, 0.3) is 0 Å². The standard InChI is InChI=1S/C46H28O.C40H24O/c1-2-12-33-28-44-42(26-32(33)11-1)41-27-34(24-25-43(41)47-44)46-39-17-7-5-15-37(39)45(38-16-6-8-18-40(38)46)31-22-20-30(21-23-31)36-19-9-13-29-10-3-4-14-35(29)36;1-2-10-26-21-29(18-17-25(26)9-1)39-31-13-5-7-15-33(31)40(34-16-8-6-14-32(34)39)30-19-20-37-35(23-30)36-22-27-11-3-4-12-28(27)24-38(36)41-37/h1-28H;1-24H. The van der Waals surface area contributed by atoms with Gasteiger partial charge in [-0.15, -0.1) is 0 Å². The van der Waals surface area contributed by atoms with Crippen molar-refractivity contribution in [1.29, 1.82) is 0 Å². The van der Waals surface area contributed by atoms with Crippen LogP contribution in [0.1, 0.15) is 0 Å². The number of hydrogen-bond donors (Lipinski definition) is 0. The number of rotatable bonds is 5. The highest BCUT2D eigenvalue weighted by Gasteiger charge is 2.21. The largest absolute Gasteiger partial charge is 0.456 e. The normalized spacial score (nSPS) is 11.9. The van der Waals surface area contributed by atoms with Crippen LogP contribution in [0, 0.1) is 0 Å². The van der Waals surface area contributed by atoms with Crippen LogP contribution in [-0.4, -0.2) is 0 Å². The summed E-state index contributed by atoms with van der Waals surface area (Å²) >= 11 is 0. The molecule has 0 unspecified atom stereocenters. The number of furan rings is 2. The Bertz CT molecular complexity index is 5940. The Labute approximate surface area is 507 Å². The zero-order valence-corrected chi connectivity index (χ0v) is 47.8. The SMILES string of the molecule is c1ccc2cc(-c3c4ccccc4c(-c4ccc5oc6cc7ccccc7cc6c5c4)c4ccccc34)ccc2c1.c1ccc2cc3c(cc2c1)oc1ccc(-c2c4ccccc4c(-c4ccc(-c5cccc6ccccc56)cc4)c4ccccc24)cc13. The van der Waals surface area contributed by atoms with E-state index in [1.54, 1.807) is 0 Å². The first-order valence-electron chi connectivity index (χ1n) is 30.3. The summed E-state index contributed by atoms with van der Waals surface area (Å²) in [6, 6.07) is 114. The molecule has 0 spiro atoms. The minimum absolute atomic E-state index is 0.913. The first-order chi connectivity index (χ1) is 43.6. The van der Waals surface area contributed by atoms with Gasteiger partial charge >= 0.3 is 0 Å². The van der Waals surface area contributed by atoms with Gasteiger partial charge in [0.2, 0.25) is 0 Å². The lowest BCUT2D eigenvalue weighted by Gasteiger charge is -2.18. The van der Waals surface area contributed by atoms with Crippen molar-refractivity contribution in [3.63, 3.8) is 0 Å². The molecule has 0 amide bonds. The third-order valence-electron chi connectivity index (χ3n) is 18.4. The lowest BCUT2D eigenvalue weighted by Crippen LogP contribution is -1.91. The van der Waals surface area contributed by atoms with Crippen LogP contribution in [0.5, 0.6) is 0 Å². The molecule has 88 heavy (non-hydrogen) atoms. The predicted molar refractivity (Wildman–Crippen MR) is 375 cm³/mol. The summed E-state index contributed by atoms with van der Waals surface area (Å²) in [5.74, 6) is 0. The van der Waals surface area contributed by atoms with Crippen LogP contribution in [0.4, 0.5) is 0 Å². The van der Waals surface area contributed by atoms with Gasteiger partial charge in [-0.05, 0) is 196 Å². The Hall–Kier alpha value is -11.6. The number of hydrogen-bond acceptors (Lipinski definition) is 2. The van der Waals surface area contributed by atoms with Gasteiger partial charge in [0, 0.05) is 21.5 Å². The van der Waals surface area contributed by atoms with Crippen molar-refractivity contribution in [2.75, 3.05) is 0 Å². The van der Waals surface area contributed by atoms with Crippen LogP contribution >= 0.6 is 0 Å². The molecule has 2 nitrogen and oxygen atoms in total. The minimum atomic E-state index is 0.913. The van der Waals surface area contributed by atoms with Crippen LogP contribution < -0.4 is 0 Å². The van der Waals surface area contributed by atoms with Crippen molar-refractivity contribution < 1.29 is 8.83 Å². The first-order valence-corrected chi connectivity index (χ1v) is 30.3. The number of benzene rings is 17. The van der Waals surface area contributed by atoms with E-state index in [4.69, 9.17) is 8.83 Å². The van der Waals surface area contributed by atoms with Crippen molar-refractivity contribution >= 4 is 130 Å². The summed E-state index contributed by atoms with van der Waals surface area (Å²) in [6.07, 6.45) is 0. The molecule has 0 saturated carbocycles. The Morgan fingerprint density at radius 1 is 0.148 bits per heavy atom. The lowest BCUT2D eigenvalue weighted by atomic mass is 9.85. The predicted octanol–water partition coefficient (Wildman–Crippen LogP) is 24.7. The van der Waals surface area contributed by atoms with Crippen LogP contribution in [0.25, 0.3) is 186 Å². The summed E-state index contributed by atoms with van der Waals surface area (Å²) in [6.45, 7) is 0. The van der Waals surface area contributed by atoms with Gasteiger partial charge < -0.3 is 8.83 Å². The molecule has 0 radical (unpaired) electrons. The van der Waals surface area contributed by atoms with Gasteiger partial charge in [-0.1, -0.05) is 261 Å². The lowest BCUT2D eigenvalue weighted by molar-refractivity contribution is 0.669. The average molecular weight is 1120 g/mol. The van der Waals surface area contributed by atoms with E-state index in [9.17, 15) is 0 Å². The fourth-order valence-corrected chi connectivity index (χ4v) is 14.4. The molecule has 2 heteroatoms. The van der Waals surface area contributed by atoms with Crippen molar-refractivity contribution in [3.05, 3.63) is 315 Å². The van der Waals surface area contributed by atoms with Gasteiger partial charge in [0.1, 0.15) is 22.3 Å². The van der Waals surface area contributed by atoms with E-state index in [1.165, 1.54) is 142 Å². The molecule has 19 rings (SSSR count). The fraction of sp³-hybridized carbons (Fsp3) is 0. The molecule has 0 atom stereocenters. The molecule has 2 heterocycles. The first kappa shape index (κ1) is 49.8. The molecule has 0 aliphatic rings. The van der Waals surface area contributed by atoms with E-state index in [0.29, 0.717) is 0 Å². The summed E-state index contributed by atoms with van der Waals surface area (Å²) in [5.41, 5.74) is 16.1. The second-order valence-electron chi connectivity index (χ2n) is 23.4. The monoisotopic (exact) mass is 1120 g/mol. The summed E-state index contributed by atoms with van der Waals surface area (Å²) < 4.78 is 12.7. The van der Waals surface area contributed by atoms with Crippen molar-refractivity contribution in [1.82, 2.24) is 0 Å².